The Balaban J connectivity index is 1.45. The van der Waals surface area contributed by atoms with Crippen LogP contribution in [-0.4, -0.2) is 22.2 Å². The number of nitriles is 1. The van der Waals surface area contributed by atoms with Gasteiger partial charge in [0.25, 0.3) is 11.5 Å². The van der Waals surface area contributed by atoms with E-state index in [0.29, 0.717) is 46.1 Å². The highest BCUT2D eigenvalue weighted by Crippen LogP contribution is 2.36. The summed E-state index contributed by atoms with van der Waals surface area (Å²) in [6, 6.07) is 10.4. The van der Waals surface area contributed by atoms with E-state index >= 15 is 0 Å². The maximum absolute atomic E-state index is 13.6. The van der Waals surface area contributed by atoms with Crippen LogP contribution in [0.2, 0.25) is 0 Å². The normalized spacial score (nSPS) is 18.0. The summed E-state index contributed by atoms with van der Waals surface area (Å²) >= 11 is 0. The molecule has 178 valence electrons. The van der Waals surface area contributed by atoms with Crippen LogP contribution in [0.5, 0.6) is 0 Å². The number of carbonyl (C=O) groups excluding carboxylic acids is 1. The SMILES string of the molecule is Cc1onc2c1c(=O)n(C1CCCC(CNC(=O)c3ccc(F)c(F)c3)C1)c1cccc(C#N)c21. The number of halogens is 2. The number of rotatable bonds is 4. The molecule has 2 aromatic heterocycles. The topological polar surface area (TPSA) is 101 Å². The van der Waals surface area contributed by atoms with Gasteiger partial charge in [0.15, 0.2) is 11.6 Å². The maximum atomic E-state index is 13.6. The molecule has 1 amide bonds. The molecular weight excluding hydrogens is 454 g/mol. The summed E-state index contributed by atoms with van der Waals surface area (Å²) in [5.74, 6) is -2.07. The molecule has 9 heteroatoms. The summed E-state index contributed by atoms with van der Waals surface area (Å²) in [7, 11) is 0. The number of aryl methyl sites for hydroxylation is 1. The Morgan fingerprint density at radius 1 is 1.23 bits per heavy atom. The van der Waals surface area contributed by atoms with Crippen LogP contribution in [0.4, 0.5) is 8.78 Å². The Bertz CT molecular complexity index is 1570. The van der Waals surface area contributed by atoms with Crippen LogP contribution in [0.15, 0.2) is 45.7 Å². The molecule has 4 aromatic rings. The molecule has 0 radical (unpaired) electrons. The van der Waals surface area contributed by atoms with Crippen molar-refractivity contribution >= 4 is 27.7 Å². The minimum Gasteiger partial charge on any atom is -0.360 e. The largest absolute Gasteiger partial charge is 0.360 e. The molecule has 2 atom stereocenters. The van der Waals surface area contributed by atoms with Crippen LogP contribution in [0.3, 0.4) is 0 Å². The van der Waals surface area contributed by atoms with Crippen LogP contribution in [0.1, 0.15) is 53.4 Å². The third-order valence-electron chi connectivity index (χ3n) is 6.81. The summed E-state index contributed by atoms with van der Waals surface area (Å²) < 4.78 is 33.7. The van der Waals surface area contributed by atoms with E-state index in [1.165, 1.54) is 6.07 Å². The first kappa shape index (κ1) is 22.7. The molecule has 1 N–H and O–H groups in total. The second kappa shape index (κ2) is 8.95. The van der Waals surface area contributed by atoms with E-state index in [4.69, 9.17) is 4.52 Å². The van der Waals surface area contributed by atoms with Crippen molar-refractivity contribution in [3.8, 4) is 6.07 Å². The monoisotopic (exact) mass is 476 g/mol. The molecule has 2 aromatic carbocycles. The third-order valence-corrected chi connectivity index (χ3v) is 6.81. The van der Waals surface area contributed by atoms with Gasteiger partial charge < -0.3 is 14.4 Å². The summed E-state index contributed by atoms with van der Waals surface area (Å²) in [4.78, 5) is 26.0. The molecule has 5 rings (SSSR count). The average Bonchev–Trinajstić information content (AvgIpc) is 3.26. The highest BCUT2D eigenvalue weighted by atomic mass is 19.2. The molecule has 0 aliphatic heterocycles. The number of hydrogen-bond acceptors (Lipinski definition) is 5. The summed E-state index contributed by atoms with van der Waals surface area (Å²) in [5, 5.41) is 17.5. The first-order valence-electron chi connectivity index (χ1n) is 11.5. The van der Waals surface area contributed by atoms with Gasteiger partial charge in [0.05, 0.1) is 17.1 Å². The first-order chi connectivity index (χ1) is 16.9. The zero-order valence-electron chi connectivity index (χ0n) is 19.0. The van der Waals surface area contributed by atoms with Gasteiger partial charge in [-0.3, -0.25) is 9.59 Å². The lowest BCUT2D eigenvalue weighted by Gasteiger charge is -2.31. The first-order valence-corrected chi connectivity index (χ1v) is 11.5. The lowest BCUT2D eigenvalue weighted by atomic mass is 9.85. The predicted molar refractivity (Wildman–Crippen MR) is 125 cm³/mol. The molecule has 1 fully saturated rings. The predicted octanol–water partition coefficient (Wildman–Crippen LogP) is 4.76. The van der Waals surface area contributed by atoms with E-state index in [2.05, 4.69) is 16.5 Å². The number of pyridine rings is 1. The fourth-order valence-electron chi connectivity index (χ4n) is 5.13. The number of hydrogen-bond donors (Lipinski definition) is 1. The van der Waals surface area contributed by atoms with Crippen LogP contribution >= 0.6 is 0 Å². The molecule has 0 spiro atoms. The zero-order valence-corrected chi connectivity index (χ0v) is 19.0. The van der Waals surface area contributed by atoms with Crippen LogP contribution < -0.4 is 10.9 Å². The molecule has 1 saturated carbocycles. The van der Waals surface area contributed by atoms with Gasteiger partial charge in [-0.1, -0.05) is 17.6 Å². The molecule has 2 unspecified atom stereocenters. The van der Waals surface area contributed by atoms with E-state index in [0.717, 1.165) is 31.4 Å². The van der Waals surface area contributed by atoms with Gasteiger partial charge in [-0.25, -0.2) is 8.78 Å². The summed E-state index contributed by atoms with van der Waals surface area (Å²) in [6.45, 7) is 2.03. The Labute approximate surface area is 198 Å². The van der Waals surface area contributed by atoms with Gasteiger partial charge in [0.2, 0.25) is 0 Å². The minimum atomic E-state index is -1.07. The molecule has 1 aliphatic carbocycles. The van der Waals surface area contributed by atoms with Crippen molar-refractivity contribution in [3.63, 3.8) is 0 Å². The second-order valence-corrected chi connectivity index (χ2v) is 8.97. The van der Waals surface area contributed by atoms with Crippen LogP contribution in [-0.2, 0) is 0 Å². The fourth-order valence-corrected chi connectivity index (χ4v) is 5.13. The number of fused-ring (bicyclic) bond motifs is 3. The van der Waals surface area contributed by atoms with Gasteiger partial charge in [0, 0.05) is 23.5 Å². The number of aromatic nitrogens is 2. The van der Waals surface area contributed by atoms with Crippen molar-refractivity contribution in [3.05, 3.63) is 75.3 Å². The summed E-state index contributed by atoms with van der Waals surface area (Å²) in [5.41, 5.74) is 1.28. The Hall–Kier alpha value is -4.06. The smallest absolute Gasteiger partial charge is 0.264 e. The molecule has 0 bridgehead atoms. The number of amides is 1. The third kappa shape index (κ3) is 3.95. The maximum Gasteiger partial charge on any atom is 0.264 e. The lowest BCUT2D eigenvalue weighted by Crippen LogP contribution is -2.35. The number of benzene rings is 2. The molecule has 0 saturated heterocycles. The minimum absolute atomic E-state index is 0.0518. The Morgan fingerprint density at radius 2 is 2.06 bits per heavy atom. The van der Waals surface area contributed by atoms with E-state index < -0.39 is 17.5 Å². The van der Waals surface area contributed by atoms with Gasteiger partial charge in [-0.05, 0) is 62.4 Å². The van der Waals surface area contributed by atoms with Crippen molar-refractivity contribution in [1.29, 1.82) is 5.26 Å². The summed E-state index contributed by atoms with van der Waals surface area (Å²) in [6.07, 6.45) is 3.12. The molecular formula is C26H22F2N4O3. The standard InChI is InChI=1S/C26H22F2N4O3/c1-14-22-24(31-35-14)23-17(12-29)5-3-7-21(23)32(26(22)34)18-6-2-4-15(10-18)13-30-25(33)16-8-9-19(27)20(28)11-16/h3,5,7-9,11,15,18H,2,4,6,10,13H2,1H3,(H,30,33). The van der Waals surface area contributed by atoms with Crippen molar-refractivity contribution < 1.29 is 18.1 Å². The van der Waals surface area contributed by atoms with Crippen molar-refractivity contribution in [2.75, 3.05) is 6.54 Å². The van der Waals surface area contributed by atoms with Crippen molar-refractivity contribution in [1.82, 2.24) is 15.0 Å². The molecule has 2 heterocycles. The van der Waals surface area contributed by atoms with Gasteiger partial charge >= 0.3 is 0 Å². The number of nitrogens with one attached hydrogen (secondary N) is 1. The Morgan fingerprint density at radius 3 is 2.83 bits per heavy atom. The van der Waals surface area contributed by atoms with E-state index in [-0.39, 0.29) is 23.1 Å². The van der Waals surface area contributed by atoms with Crippen molar-refractivity contribution in [2.45, 2.75) is 38.6 Å². The number of nitrogens with zero attached hydrogens (tertiary/aromatic N) is 3. The molecule has 7 nitrogen and oxygen atoms in total. The van der Waals surface area contributed by atoms with Gasteiger partial charge in [0.1, 0.15) is 16.7 Å². The highest BCUT2D eigenvalue weighted by molar-refractivity contribution is 6.06. The highest BCUT2D eigenvalue weighted by Gasteiger charge is 2.28. The molecule has 1 aliphatic rings. The van der Waals surface area contributed by atoms with Crippen LogP contribution in [0.25, 0.3) is 21.8 Å². The quantitative estimate of drug-likeness (QED) is 0.458. The average molecular weight is 476 g/mol. The Kier molecular flexibility index (Phi) is 5.81. The molecule has 35 heavy (non-hydrogen) atoms. The van der Waals surface area contributed by atoms with E-state index in [9.17, 15) is 23.6 Å². The lowest BCUT2D eigenvalue weighted by molar-refractivity contribution is 0.0940. The second-order valence-electron chi connectivity index (χ2n) is 8.97. The van der Waals surface area contributed by atoms with Crippen molar-refractivity contribution in [2.24, 2.45) is 5.92 Å². The van der Waals surface area contributed by atoms with Gasteiger partial charge in [-0.15, -0.1) is 0 Å². The van der Waals surface area contributed by atoms with Crippen LogP contribution in [0, 0.1) is 35.8 Å². The van der Waals surface area contributed by atoms with E-state index in [1.54, 1.807) is 23.6 Å². The fraction of sp³-hybridized carbons (Fsp3) is 0.308. The zero-order chi connectivity index (χ0) is 24.7. The van der Waals surface area contributed by atoms with E-state index in [1.807, 2.05) is 6.07 Å². The number of carbonyl (C=O) groups is 1. The van der Waals surface area contributed by atoms with Gasteiger partial charge in [-0.2, -0.15) is 5.26 Å².